The van der Waals surface area contributed by atoms with E-state index in [0.717, 1.165) is 11.6 Å². The van der Waals surface area contributed by atoms with Crippen LogP contribution >= 0.6 is 24.0 Å². The van der Waals surface area contributed by atoms with Gasteiger partial charge >= 0.3 is 0 Å². The van der Waals surface area contributed by atoms with Gasteiger partial charge in [-0.25, -0.2) is 0 Å². The van der Waals surface area contributed by atoms with E-state index in [4.69, 9.17) is 12.2 Å². The van der Waals surface area contributed by atoms with E-state index in [1.807, 2.05) is 36.4 Å². The third-order valence-corrected chi connectivity index (χ3v) is 6.03. The summed E-state index contributed by atoms with van der Waals surface area (Å²) in [6, 6.07) is 14.8. The maximum absolute atomic E-state index is 12.6. The van der Waals surface area contributed by atoms with E-state index in [9.17, 15) is 24.5 Å². The number of carbonyl (C=O) groups excluding carboxylic acids is 3. The molecule has 0 aromatic heterocycles. The van der Waals surface area contributed by atoms with E-state index in [1.54, 1.807) is 12.2 Å². The first-order chi connectivity index (χ1) is 16.3. The van der Waals surface area contributed by atoms with Crippen LogP contribution in [0.2, 0.25) is 0 Å². The van der Waals surface area contributed by atoms with Crippen molar-refractivity contribution < 1.29 is 19.3 Å². The summed E-state index contributed by atoms with van der Waals surface area (Å²) < 4.78 is 0.420. The summed E-state index contributed by atoms with van der Waals surface area (Å²) in [4.78, 5) is 48.8. The highest BCUT2D eigenvalue weighted by Crippen LogP contribution is 2.31. The molecule has 9 nitrogen and oxygen atoms in total. The largest absolute Gasteiger partial charge is 0.293 e. The molecule has 0 unspecified atom stereocenters. The normalized spacial score (nSPS) is 14.6. The van der Waals surface area contributed by atoms with Gasteiger partial charge in [0.05, 0.1) is 9.83 Å². The molecule has 1 aliphatic rings. The molecule has 3 amide bonds. The second-order valence-electron chi connectivity index (χ2n) is 7.04. The number of thiocarbonyl (C=S) groups is 1. The highest BCUT2D eigenvalue weighted by atomic mass is 32.2. The molecule has 1 saturated heterocycles. The van der Waals surface area contributed by atoms with Crippen molar-refractivity contribution in [1.82, 2.24) is 15.8 Å². The molecule has 2 N–H and O–H groups in total. The minimum absolute atomic E-state index is 0.0409. The lowest BCUT2D eigenvalue weighted by atomic mass is 10.2. The fourth-order valence-electron chi connectivity index (χ4n) is 2.94. The van der Waals surface area contributed by atoms with Gasteiger partial charge in [-0.05, 0) is 24.1 Å². The molecular weight excluding hydrogens is 476 g/mol. The number of thioether (sulfide) groups is 1. The average molecular weight is 497 g/mol. The van der Waals surface area contributed by atoms with E-state index in [2.05, 4.69) is 10.9 Å². The monoisotopic (exact) mass is 496 g/mol. The first kappa shape index (κ1) is 24.8. The fraction of sp³-hybridized carbons (Fsp3) is 0.130. The Morgan fingerprint density at radius 3 is 2.62 bits per heavy atom. The van der Waals surface area contributed by atoms with Gasteiger partial charge < -0.3 is 0 Å². The average Bonchev–Trinajstić information content (AvgIpc) is 3.10. The van der Waals surface area contributed by atoms with Crippen molar-refractivity contribution in [3.05, 3.63) is 92.9 Å². The van der Waals surface area contributed by atoms with Crippen LogP contribution in [0.15, 0.2) is 71.7 Å². The van der Waals surface area contributed by atoms with E-state index in [0.29, 0.717) is 15.6 Å². The van der Waals surface area contributed by atoms with Crippen molar-refractivity contribution in [3.8, 4) is 0 Å². The number of nitrogens with one attached hydrogen (secondary N) is 2. The molecule has 2 aromatic carbocycles. The molecule has 0 radical (unpaired) electrons. The maximum atomic E-state index is 12.6. The molecule has 0 saturated carbocycles. The van der Waals surface area contributed by atoms with Crippen LogP contribution in [0.4, 0.5) is 5.69 Å². The zero-order valence-corrected chi connectivity index (χ0v) is 19.4. The van der Waals surface area contributed by atoms with Crippen molar-refractivity contribution >= 4 is 57.8 Å². The number of non-ortho nitro benzene ring substituents is 1. The lowest BCUT2D eigenvalue weighted by molar-refractivity contribution is -0.384. The SMILES string of the molecule is O=C(CCCN1C(=O)/C(=C/C=C/c2ccccc2)SC1=S)NNC(=O)c1cccc([N+](=O)[O-])c1. The molecule has 0 spiro atoms. The summed E-state index contributed by atoms with van der Waals surface area (Å²) in [5.74, 6) is -1.36. The molecule has 0 aliphatic carbocycles. The van der Waals surface area contributed by atoms with Gasteiger partial charge in [0.15, 0.2) is 0 Å². The molecule has 0 atom stereocenters. The van der Waals surface area contributed by atoms with Crippen LogP contribution in [0.3, 0.4) is 0 Å². The van der Waals surface area contributed by atoms with Gasteiger partial charge in [0.2, 0.25) is 5.91 Å². The van der Waals surface area contributed by atoms with E-state index in [1.165, 1.54) is 34.9 Å². The minimum Gasteiger partial charge on any atom is -0.293 e. The molecule has 1 heterocycles. The lowest BCUT2D eigenvalue weighted by Gasteiger charge is -2.14. The highest BCUT2D eigenvalue weighted by Gasteiger charge is 2.31. The molecule has 174 valence electrons. The zero-order chi connectivity index (χ0) is 24.5. The summed E-state index contributed by atoms with van der Waals surface area (Å²) in [7, 11) is 0. The van der Waals surface area contributed by atoms with Crippen LogP contribution in [0.1, 0.15) is 28.8 Å². The van der Waals surface area contributed by atoms with Gasteiger partial charge in [-0.2, -0.15) is 0 Å². The number of nitro groups is 1. The van der Waals surface area contributed by atoms with Gasteiger partial charge in [-0.3, -0.25) is 40.2 Å². The number of nitro benzene ring substituents is 1. The zero-order valence-electron chi connectivity index (χ0n) is 17.8. The van der Waals surface area contributed by atoms with Crippen molar-refractivity contribution in [2.75, 3.05) is 6.54 Å². The van der Waals surface area contributed by atoms with E-state index < -0.39 is 16.7 Å². The Balaban J connectivity index is 1.43. The van der Waals surface area contributed by atoms with Crippen LogP contribution < -0.4 is 10.9 Å². The number of hydrogen-bond acceptors (Lipinski definition) is 7. The Hall–Kier alpha value is -3.83. The Morgan fingerprint density at radius 1 is 1.12 bits per heavy atom. The first-order valence-corrected chi connectivity index (χ1v) is 11.4. The maximum Gasteiger partial charge on any atom is 0.270 e. The summed E-state index contributed by atoms with van der Waals surface area (Å²) in [6.45, 7) is 0.261. The standard InChI is InChI=1S/C23H20N4O5S2/c28-20(24-25-21(29)17-10-5-11-18(15-17)27(31)32)13-6-14-26-22(30)19(34-23(26)33)12-4-9-16-7-2-1-3-8-16/h1-5,7-12,15H,6,13-14H2,(H,24,28)(H,25,29)/b9-4+,19-12-. The minimum atomic E-state index is -0.678. The van der Waals surface area contributed by atoms with Crippen LogP contribution in [-0.2, 0) is 9.59 Å². The molecule has 11 heteroatoms. The Labute approximate surface area is 205 Å². The fourth-order valence-corrected chi connectivity index (χ4v) is 4.20. The number of hydrogen-bond donors (Lipinski definition) is 2. The van der Waals surface area contributed by atoms with Gasteiger partial charge in [0.1, 0.15) is 4.32 Å². The van der Waals surface area contributed by atoms with Gasteiger partial charge in [0, 0.05) is 30.7 Å². The molecule has 34 heavy (non-hydrogen) atoms. The smallest absolute Gasteiger partial charge is 0.270 e. The number of amides is 3. The number of hydrazine groups is 1. The molecule has 2 aromatic rings. The van der Waals surface area contributed by atoms with Crippen molar-refractivity contribution in [2.45, 2.75) is 12.8 Å². The number of rotatable bonds is 8. The second kappa shape index (κ2) is 11.9. The van der Waals surface area contributed by atoms with Gasteiger partial charge in [-0.15, -0.1) is 0 Å². The summed E-state index contributed by atoms with van der Waals surface area (Å²) >= 11 is 6.49. The number of carbonyl (C=O) groups is 3. The molecule has 1 aliphatic heterocycles. The molecule has 3 rings (SSSR count). The topological polar surface area (TPSA) is 122 Å². The highest BCUT2D eigenvalue weighted by molar-refractivity contribution is 8.26. The lowest BCUT2D eigenvalue weighted by Crippen LogP contribution is -2.41. The van der Waals surface area contributed by atoms with Gasteiger partial charge in [-0.1, -0.05) is 72.5 Å². The molecule has 0 bridgehead atoms. The number of benzene rings is 2. The van der Waals surface area contributed by atoms with Crippen LogP contribution in [0.25, 0.3) is 6.08 Å². The summed E-state index contributed by atoms with van der Waals surface area (Å²) in [6.07, 6.45) is 5.76. The first-order valence-electron chi connectivity index (χ1n) is 10.2. The Kier molecular flexibility index (Phi) is 8.66. The van der Waals surface area contributed by atoms with Crippen molar-refractivity contribution in [2.24, 2.45) is 0 Å². The van der Waals surface area contributed by atoms with Crippen LogP contribution in [0.5, 0.6) is 0 Å². The second-order valence-corrected chi connectivity index (χ2v) is 8.71. The Bertz CT molecular complexity index is 1180. The predicted octanol–water partition coefficient (Wildman–Crippen LogP) is 3.59. The number of nitrogens with zero attached hydrogens (tertiary/aromatic N) is 2. The van der Waals surface area contributed by atoms with Gasteiger partial charge in [0.25, 0.3) is 17.5 Å². The summed E-state index contributed by atoms with van der Waals surface area (Å²) in [5.41, 5.74) is 5.30. The third kappa shape index (κ3) is 6.83. The number of allylic oxidation sites excluding steroid dienone is 2. The Morgan fingerprint density at radius 2 is 1.88 bits per heavy atom. The van der Waals surface area contributed by atoms with Crippen LogP contribution in [-0.4, -0.2) is 38.4 Å². The summed E-state index contributed by atoms with van der Waals surface area (Å²) in [5, 5.41) is 10.8. The quantitative estimate of drug-likeness (QED) is 0.248. The van der Waals surface area contributed by atoms with Crippen molar-refractivity contribution in [3.63, 3.8) is 0 Å². The molecule has 1 fully saturated rings. The van der Waals surface area contributed by atoms with Crippen molar-refractivity contribution in [1.29, 1.82) is 0 Å². The molecular formula is C23H20N4O5S2. The predicted molar refractivity (Wildman–Crippen MR) is 133 cm³/mol. The van der Waals surface area contributed by atoms with E-state index >= 15 is 0 Å². The van der Waals surface area contributed by atoms with E-state index in [-0.39, 0.29) is 30.1 Å². The third-order valence-electron chi connectivity index (χ3n) is 4.63. The van der Waals surface area contributed by atoms with Crippen LogP contribution in [0, 0.1) is 10.1 Å².